The minimum atomic E-state index is 0.321. The van der Waals surface area contributed by atoms with Crippen LogP contribution in [0.4, 0.5) is 0 Å². The van der Waals surface area contributed by atoms with E-state index in [-0.39, 0.29) is 0 Å². The Labute approximate surface area is 72.2 Å². The summed E-state index contributed by atoms with van der Waals surface area (Å²) in [5.74, 6) is 0.948. The lowest BCUT2D eigenvalue weighted by molar-refractivity contribution is 0.534. The highest BCUT2D eigenvalue weighted by Crippen LogP contribution is 2.37. The maximum Gasteiger partial charge on any atom is 0.130 e. The minimum absolute atomic E-state index is 0.321. The van der Waals surface area contributed by atoms with Crippen LogP contribution in [-0.2, 0) is 6.42 Å². The van der Waals surface area contributed by atoms with E-state index in [4.69, 9.17) is 0 Å². The summed E-state index contributed by atoms with van der Waals surface area (Å²) in [6.07, 6.45) is 7.07. The molecule has 64 valence electrons. The smallest absolute Gasteiger partial charge is 0.130 e. The maximum atomic E-state index is 4.20. The van der Waals surface area contributed by atoms with E-state index < -0.39 is 0 Å². The predicted molar refractivity (Wildman–Crippen MR) is 46.8 cm³/mol. The second-order valence-electron chi connectivity index (χ2n) is 3.37. The van der Waals surface area contributed by atoms with Crippen molar-refractivity contribution in [2.45, 2.75) is 24.8 Å². The van der Waals surface area contributed by atoms with Gasteiger partial charge in [0.25, 0.3) is 0 Å². The molecule has 12 heavy (non-hydrogen) atoms. The van der Waals surface area contributed by atoms with Gasteiger partial charge in [0.05, 0.1) is 0 Å². The maximum absolute atomic E-state index is 4.20. The lowest BCUT2D eigenvalue weighted by Gasteiger charge is -2.11. The molecule has 1 aliphatic carbocycles. The number of hydrogen-bond donors (Lipinski definition) is 1. The molecule has 0 radical (unpaired) electrons. The van der Waals surface area contributed by atoms with Crippen LogP contribution in [0.25, 0.3) is 0 Å². The van der Waals surface area contributed by atoms with Gasteiger partial charge >= 0.3 is 0 Å². The van der Waals surface area contributed by atoms with Crippen molar-refractivity contribution in [3.05, 3.63) is 24.3 Å². The van der Waals surface area contributed by atoms with Gasteiger partial charge in [0.2, 0.25) is 0 Å². The Kier molecular flexibility index (Phi) is 1.81. The summed E-state index contributed by atoms with van der Waals surface area (Å²) in [6.45, 7) is 0. The fraction of sp³-hybridized carbons (Fsp3) is 0.556. The summed E-state index contributed by atoms with van der Waals surface area (Å²) in [6, 6.07) is 1.85. The van der Waals surface area contributed by atoms with E-state index in [2.05, 4.69) is 15.3 Å². The van der Waals surface area contributed by atoms with Gasteiger partial charge in [-0.15, -0.1) is 0 Å². The molecule has 0 amide bonds. The van der Waals surface area contributed by atoms with Crippen LogP contribution in [0.15, 0.2) is 18.5 Å². The molecule has 0 aliphatic heterocycles. The molecule has 1 aromatic heterocycles. The van der Waals surface area contributed by atoms with Crippen LogP contribution in [0.5, 0.6) is 0 Å². The van der Waals surface area contributed by atoms with E-state index in [9.17, 15) is 0 Å². The molecule has 3 heteroatoms. The topological polar surface area (TPSA) is 37.8 Å². The van der Waals surface area contributed by atoms with Crippen molar-refractivity contribution < 1.29 is 0 Å². The quantitative estimate of drug-likeness (QED) is 0.715. The number of hydrogen-bond acceptors (Lipinski definition) is 3. The van der Waals surface area contributed by atoms with Crippen LogP contribution in [0.1, 0.15) is 18.7 Å². The van der Waals surface area contributed by atoms with Crippen molar-refractivity contribution in [1.29, 1.82) is 0 Å². The first-order valence-corrected chi connectivity index (χ1v) is 4.29. The average molecular weight is 163 g/mol. The van der Waals surface area contributed by atoms with Gasteiger partial charge in [-0.05, 0) is 26.0 Å². The normalized spacial score (nSPS) is 19.1. The van der Waals surface area contributed by atoms with Gasteiger partial charge in [-0.1, -0.05) is 0 Å². The van der Waals surface area contributed by atoms with E-state index >= 15 is 0 Å². The summed E-state index contributed by atoms with van der Waals surface area (Å²) in [5.41, 5.74) is 0.321. The molecule has 1 saturated carbocycles. The molecular weight excluding hydrogens is 150 g/mol. The second-order valence-corrected chi connectivity index (χ2v) is 3.37. The summed E-state index contributed by atoms with van der Waals surface area (Å²) >= 11 is 0. The third-order valence-electron chi connectivity index (χ3n) is 2.50. The first-order chi connectivity index (χ1) is 5.85. The molecule has 1 heterocycles. The monoisotopic (exact) mass is 163 g/mol. The first-order valence-electron chi connectivity index (χ1n) is 4.29. The molecule has 1 aliphatic rings. The molecule has 1 fully saturated rings. The number of aromatic nitrogens is 2. The molecule has 1 aromatic rings. The van der Waals surface area contributed by atoms with E-state index in [1.807, 2.05) is 13.1 Å². The van der Waals surface area contributed by atoms with Crippen LogP contribution >= 0.6 is 0 Å². The van der Waals surface area contributed by atoms with Crippen LogP contribution in [0.3, 0.4) is 0 Å². The van der Waals surface area contributed by atoms with Gasteiger partial charge in [0.1, 0.15) is 5.82 Å². The van der Waals surface area contributed by atoms with E-state index in [0.717, 1.165) is 12.2 Å². The third kappa shape index (κ3) is 1.46. The summed E-state index contributed by atoms with van der Waals surface area (Å²) in [7, 11) is 2.01. The van der Waals surface area contributed by atoms with Crippen LogP contribution < -0.4 is 5.32 Å². The molecule has 0 bridgehead atoms. The standard InChI is InChI=1S/C9H13N3/c1-10-9(3-4-9)7-8-11-5-2-6-12-8/h2,5-6,10H,3-4,7H2,1H3. The lowest BCUT2D eigenvalue weighted by Crippen LogP contribution is -2.30. The Bertz CT molecular complexity index is 254. The number of nitrogens with zero attached hydrogens (tertiary/aromatic N) is 2. The van der Waals surface area contributed by atoms with Crippen LogP contribution in [0, 0.1) is 0 Å². The molecule has 2 rings (SSSR count). The Morgan fingerprint density at radius 2 is 2.08 bits per heavy atom. The lowest BCUT2D eigenvalue weighted by atomic mass is 10.2. The summed E-state index contributed by atoms with van der Waals surface area (Å²) < 4.78 is 0. The molecule has 0 aromatic carbocycles. The van der Waals surface area contributed by atoms with E-state index in [1.165, 1.54) is 12.8 Å². The average Bonchev–Trinajstić information content (AvgIpc) is 2.88. The van der Waals surface area contributed by atoms with Crippen LogP contribution in [0.2, 0.25) is 0 Å². The van der Waals surface area contributed by atoms with Crippen molar-refractivity contribution in [3.8, 4) is 0 Å². The Morgan fingerprint density at radius 1 is 1.42 bits per heavy atom. The summed E-state index contributed by atoms with van der Waals surface area (Å²) in [4.78, 5) is 8.40. The Hall–Kier alpha value is -0.960. The van der Waals surface area contributed by atoms with E-state index in [0.29, 0.717) is 5.54 Å². The molecule has 0 saturated heterocycles. The highest BCUT2D eigenvalue weighted by molar-refractivity contribution is 5.08. The zero-order valence-corrected chi connectivity index (χ0v) is 7.25. The summed E-state index contributed by atoms with van der Waals surface area (Å²) in [5, 5.41) is 3.32. The van der Waals surface area contributed by atoms with Gasteiger partial charge in [0, 0.05) is 24.4 Å². The van der Waals surface area contributed by atoms with Crippen molar-refractivity contribution in [2.24, 2.45) is 0 Å². The minimum Gasteiger partial charge on any atom is -0.314 e. The molecule has 1 N–H and O–H groups in total. The number of likely N-dealkylation sites (N-methyl/N-ethyl adjacent to an activating group) is 1. The Balaban J connectivity index is 2.04. The van der Waals surface area contributed by atoms with Crippen molar-refractivity contribution in [1.82, 2.24) is 15.3 Å². The zero-order valence-electron chi connectivity index (χ0n) is 7.25. The first kappa shape index (κ1) is 7.68. The molecule has 0 atom stereocenters. The highest BCUT2D eigenvalue weighted by atomic mass is 15.0. The largest absolute Gasteiger partial charge is 0.314 e. The number of nitrogens with one attached hydrogen (secondary N) is 1. The molecular formula is C9H13N3. The van der Waals surface area contributed by atoms with Crippen molar-refractivity contribution in [2.75, 3.05) is 7.05 Å². The van der Waals surface area contributed by atoms with Gasteiger partial charge in [-0.25, -0.2) is 9.97 Å². The van der Waals surface area contributed by atoms with E-state index in [1.54, 1.807) is 12.4 Å². The number of rotatable bonds is 3. The van der Waals surface area contributed by atoms with Crippen molar-refractivity contribution >= 4 is 0 Å². The third-order valence-corrected chi connectivity index (χ3v) is 2.50. The fourth-order valence-corrected chi connectivity index (χ4v) is 1.39. The molecule has 0 spiro atoms. The highest BCUT2D eigenvalue weighted by Gasteiger charge is 2.41. The van der Waals surface area contributed by atoms with Gasteiger partial charge in [-0.2, -0.15) is 0 Å². The van der Waals surface area contributed by atoms with Gasteiger partial charge < -0.3 is 5.32 Å². The fourth-order valence-electron chi connectivity index (χ4n) is 1.39. The van der Waals surface area contributed by atoms with Crippen molar-refractivity contribution in [3.63, 3.8) is 0 Å². The molecule has 3 nitrogen and oxygen atoms in total. The van der Waals surface area contributed by atoms with Gasteiger partial charge in [-0.3, -0.25) is 0 Å². The predicted octanol–water partition coefficient (Wildman–Crippen LogP) is 0.771. The zero-order chi connectivity index (χ0) is 8.44. The second kappa shape index (κ2) is 2.83. The Morgan fingerprint density at radius 3 is 2.58 bits per heavy atom. The SMILES string of the molecule is CNC1(Cc2ncccn2)CC1. The molecule has 0 unspecified atom stereocenters. The van der Waals surface area contributed by atoms with Crippen LogP contribution in [-0.4, -0.2) is 22.6 Å². The van der Waals surface area contributed by atoms with Gasteiger partial charge in [0.15, 0.2) is 0 Å².